The van der Waals surface area contributed by atoms with Gasteiger partial charge in [-0.3, -0.25) is 4.68 Å². The van der Waals surface area contributed by atoms with E-state index in [9.17, 15) is 13.5 Å². The lowest BCUT2D eigenvalue weighted by atomic mass is 10.2. The minimum absolute atomic E-state index is 0.105. The number of aromatic hydroxyl groups is 1. The van der Waals surface area contributed by atoms with Crippen molar-refractivity contribution >= 4 is 10.0 Å². The molecule has 2 aromatic rings. The molecular formula is C11H13N3O3S. The van der Waals surface area contributed by atoms with Crippen LogP contribution >= 0.6 is 0 Å². The second kappa shape index (κ2) is 4.79. The zero-order valence-corrected chi connectivity index (χ0v) is 10.6. The van der Waals surface area contributed by atoms with Gasteiger partial charge in [0.05, 0.1) is 6.20 Å². The summed E-state index contributed by atoms with van der Waals surface area (Å²) >= 11 is 0. The van der Waals surface area contributed by atoms with Crippen molar-refractivity contribution in [1.29, 1.82) is 0 Å². The van der Waals surface area contributed by atoms with E-state index in [0.29, 0.717) is 5.56 Å². The topological polar surface area (TPSA) is 84.2 Å². The van der Waals surface area contributed by atoms with Crippen molar-refractivity contribution in [2.24, 2.45) is 7.05 Å². The number of hydrogen-bond acceptors (Lipinski definition) is 4. The van der Waals surface area contributed by atoms with Crippen LogP contribution in [0.4, 0.5) is 0 Å². The molecule has 0 saturated heterocycles. The van der Waals surface area contributed by atoms with Gasteiger partial charge in [0.15, 0.2) is 0 Å². The summed E-state index contributed by atoms with van der Waals surface area (Å²) in [6, 6.07) is 6.42. The maximum Gasteiger partial charge on any atom is 0.243 e. The van der Waals surface area contributed by atoms with Gasteiger partial charge >= 0.3 is 0 Å². The predicted molar refractivity (Wildman–Crippen MR) is 65.3 cm³/mol. The number of nitrogens with zero attached hydrogens (tertiary/aromatic N) is 2. The van der Waals surface area contributed by atoms with E-state index in [2.05, 4.69) is 9.82 Å². The van der Waals surface area contributed by atoms with Crippen LogP contribution in [0.5, 0.6) is 5.75 Å². The van der Waals surface area contributed by atoms with Crippen molar-refractivity contribution in [3.8, 4) is 5.75 Å². The molecule has 0 fully saturated rings. The van der Waals surface area contributed by atoms with Gasteiger partial charge in [-0.15, -0.1) is 0 Å². The van der Waals surface area contributed by atoms with Crippen molar-refractivity contribution in [3.05, 3.63) is 42.2 Å². The van der Waals surface area contributed by atoms with Crippen molar-refractivity contribution < 1.29 is 13.5 Å². The fraction of sp³-hybridized carbons (Fsp3) is 0.182. The van der Waals surface area contributed by atoms with Crippen molar-refractivity contribution in [3.63, 3.8) is 0 Å². The Morgan fingerprint density at radius 3 is 2.83 bits per heavy atom. The second-order valence-electron chi connectivity index (χ2n) is 3.84. The lowest BCUT2D eigenvalue weighted by Gasteiger charge is -2.05. The fourth-order valence-electron chi connectivity index (χ4n) is 1.47. The first-order valence-electron chi connectivity index (χ1n) is 5.23. The lowest BCUT2D eigenvalue weighted by Crippen LogP contribution is -2.22. The molecule has 0 radical (unpaired) electrons. The summed E-state index contributed by atoms with van der Waals surface area (Å²) in [4.78, 5) is 0.116. The second-order valence-corrected chi connectivity index (χ2v) is 5.61. The minimum Gasteiger partial charge on any atom is -0.508 e. The quantitative estimate of drug-likeness (QED) is 0.849. The van der Waals surface area contributed by atoms with E-state index in [4.69, 9.17) is 0 Å². The summed E-state index contributed by atoms with van der Waals surface area (Å²) in [5.74, 6) is 0.105. The van der Waals surface area contributed by atoms with E-state index in [1.807, 2.05) is 0 Å². The highest BCUT2D eigenvalue weighted by atomic mass is 32.2. The van der Waals surface area contributed by atoms with Crippen LogP contribution in [0.15, 0.2) is 41.6 Å². The maximum atomic E-state index is 11.9. The van der Waals surface area contributed by atoms with Gasteiger partial charge in [0, 0.05) is 19.8 Å². The number of aryl methyl sites for hydroxylation is 1. The number of sulfonamides is 1. The molecule has 1 heterocycles. The number of phenolic OH excluding ortho intramolecular Hbond substituents is 1. The summed E-state index contributed by atoms with van der Waals surface area (Å²) in [5.41, 5.74) is 0.683. The number of hydrogen-bond donors (Lipinski definition) is 2. The first-order chi connectivity index (χ1) is 8.47. The number of rotatable bonds is 4. The van der Waals surface area contributed by atoms with E-state index in [-0.39, 0.29) is 17.2 Å². The van der Waals surface area contributed by atoms with Gasteiger partial charge in [0.1, 0.15) is 10.6 Å². The average molecular weight is 267 g/mol. The van der Waals surface area contributed by atoms with Crippen LogP contribution in [0, 0.1) is 0 Å². The molecule has 18 heavy (non-hydrogen) atoms. The Kier molecular flexibility index (Phi) is 3.35. The molecule has 0 saturated carbocycles. The maximum absolute atomic E-state index is 11.9. The fourth-order valence-corrected chi connectivity index (χ4v) is 2.47. The molecule has 1 aromatic heterocycles. The highest BCUT2D eigenvalue weighted by molar-refractivity contribution is 7.89. The van der Waals surface area contributed by atoms with Crippen LogP contribution in [0.2, 0.25) is 0 Å². The summed E-state index contributed by atoms with van der Waals surface area (Å²) in [5, 5.41) is 13.1. The van der Waals surface area contributed by atoms with E-state index in [1.165, 1.54) is 29.2 Å². The lowest BCUT2D eigenvalue weighted by molar-refractivity contribution is 0.474. The molecule has 0 aliphatic carbocycles. The summed E-state index contributed by atoms with van der Waals surface area (Å²) in [6.07, 6.45) is 2.70. The predicted octanol–water partition coefficient (Wildman–Crippen LogP) is 0.604. The van der Waals surface area contributed by atoms with Crippen LogP contribution in [-0.2, 0) is 23.6 Å². The molecule has 7 heteroatoms. The highest BCUT2D eigenvalue weighted by Crippen LogP contribution is 2.12. The Hall–Kier alpha value is -1.86. The number of phenols is 1. The molecule has 1 aromatic carbocycles. The van der Waals surface area contributed by atoms with Crippen molar-refractivity contribution in [2.75, 3.05) is 0 Å². The Balaban J connectivity index is 2.10. The summed E-state index contributed by atoms with van der Waals surface area (Å²) in [6.45, 7) is 0.117. The first-order valence-corrected chi connectivity index (χ1v) is 6.72. The molecule has 6 nitrogen and oxygen atoms in total. The van der Waals surface area contributed by atoms with Gasteiger partial charge < -0.3 is 5.11 Å². The standard InChI is InChI=1S/C11H13N3O3S/c1-14-8-11(7-12-14)18(16,17)13-6-9-3-2-4-10(15)5-9/h2-5,7-8,13,15H,6H2,1H3. The van der Waals surface area contributed by atoms with Gasteiger partial charge in [0.25, 0.3) is 0 Å². The number of nitrogens with one attached hydrogen (secondary N) is 1. The highest BCUT2D eigenvalue weighted by Gasteiger charge is 2.15. The van der Waals surface area contributed by atoms with Crippen LogP contribution in [0.3, 0.4) is 0 Å². The number of aromatic nitrogens is 2. The molecule has 0 aliphatic heterocycles. The first kappa shape index (κ1) is 12.6. The molecule has 0 amide bonds. The van der Waals surface area contributed by atoms with Crippen LogP contribution in [0.1, 0.15) is 5.56 Å². The minimum atomic E-state index is -3.57. The van der Waals surface area contributed by atoms with Gasteiger partial charge in [-0.25, -0.2) is 13.1 Å². The van der Waals surface area contributed by atoms with E-state index in [1.54, 1.807) is 19.2 Å². The van der Waals surface area contributed by atoms with Gasteiger partial charge in [-0.1, -0.05) is 12.1 Å². The molecule has 0 bridgehead atoms. The van der Waals surface area contributed by atoms with E-state index >= 15 is 0 Å². The molecule has 0 atom stereocenters. The Labute approximate surface area is 105 Å². The monoisotopic (exact) mass is 267 g/mol. The molecule has 0 unspecified atom stereocenters. The molecule has 96 valence electrons. The summed E-state index contributed by atoms with van der Waals surface area (Å²) < 4.78 is 27.6. The van der Waals surface area contributed by atoms with Crippen molar-refractivity contribution in [2.45, 2.75) is 11.4 Å². The Morgan fingerprint density at radius 1 is 1.44 bits per heavy atom. The molecule has 0 aliphatic rings. The van der Waals surface area contributed by atoms with Crippen LogP contribution in [-0.4, -0.2) is 23.3 Å². The van der Waals surface area contributed by atoms with Gasteiger partial charge in [-0.2, -0.15) is 5.10 Å². The third-order valence-electron chi connectivity index (χ3n) is 2.37. The SMILES string of the molecule is Cn1cc(S(=O)(=O)NCc2cccc(O)c2)cn1. The third-order valence-corrected chi connectivity index (χ3v) is 3.72. The molecular weight excluding hydrogens is 254 g/mol. The van der Waals surface area contributed by atoms with Crippen LogP contribution in [0.25, 0.3) is 0 Å². The molecule has 2 N–H and O–H groups in total. The van der Waals surface area contributed by atoms with E-state index in [0.717, 1.165) is 0 Å². The van der Waals surface area contributed by atoms with Gasteiger partial charge in [0.2, 0.25) is 10.0 Å². The smallest absolute Gasteiger partial charge is 0.243 e. The molecule has 0 spiro atoms. The third kappa shape index (κ3) is 2.88. The normalized spacial score (nSPS) is 11.6. The number of benzene rings is 1. The summed E-state index contributed by atoms with van der Waals surface area (Å²) in [7, 11) is -1.92. The average Bonchev–Trinajstić information content (AvgIpc) is 2.74. The molecule has 2 rings (SSSR count). The Bertz CT molecular complexity index is 649. The van der Waals surface area contributed by atoms with Crippen LogP contribution < -0.4 is 4.72 Å². The Morgan fingerprint density at radius 2 is 2.22 bits per heavy atom. The van der Waals surface area contributed by atoms with E-state index < -0.39 is 10.0 Å². The van der Waals surface area contributed by atoms with Gasteiger partial charge in [-0.05, 0) is 17.7 Å². The largest absolute Gasteiger partial charge is 0.508 e. The zero-order chi connectivity index (χ0) is 13.2. The van der Waals surface area contributed by atoms with Crippen molar-refractivity contribution in [1.82, 2.24) is 14.5 Å². The zero-order valence-electron chi connectivity index (χ0n) is 9.74.